The highest BCUT2D eigenvalue weighted by molar-refractivity contribution is 5.43. The van der Waals surface area contributed by atoms with Gasteiger partial charge in [0.2, 0.25) is 0 Å². The van der Waals surface area contributed by atoms with E-state index >= 15 is 0 Å². The van der Waals surface area contributed by atoms with Crippen molar-refractivity contribution in [1.82, 2.24) is 9.97 Å². The minimum atomic E-state index is 0.533. The average Bonchev–Trinajstić information content (AvgIpc) is 2.31. The van der Waals surface area contributed by atoms with Crippen LogP contribution < -0.4 is 10.2 Å². The summed E-state index contributed by atoms with van der Waals surface area (Å²) in [6.07, 6.45) is 5.83. The number of rotatable bonds is 6. The third kappa shape index (κ3) is 3.08. The van der Waals surface area contributed by atoms with Crippen molar-refractivity contribution in [2.75, 3.05) is 23.8 Å². The zero-order valence-electron chi connectivity index (χ0n) is 10.7. The highest BCUT2D eigenvalue weighted by Crippen LogP contribution is 2.16. The Morgan fingerprint density at radius 3 is 2.50 bits per heavy atom. The molecule has 0 saturated heterocycles. The predicted molar refractivity (Wildman–Crippen MR) is 69.0 cm³/mol. The maximum Gasteiger partial charge on any atom is 0.149 e. The molecule has 0 aliphatic rings. The fourth-order valence-corrected chi connectivity index (χ4v) is 1.82. The van der Waals surface area contributed by atoms with E-state index in [1.165, 1.54) is 0 Å². The molecule has 0 aliphatic carbocycles. The standard InChI is InChI=1S/C12H22N4/c1-5-10(6-2)16(4)12-9-13-8-11(15-12)14-7-3/h8-10H,5-7H2,1-4H3,(H,14,15). The van der Waals surface area contributed by atoms with E-state index in [4.69, 9.17) is 0 Å². The molecule has 0 atom stereocenters. The summed E-state index contributed by atoms with van der Waals surface area (Å²) in [4.78, 5) is 10.9. The number of anilines is 2. The molecule has 1 aromatic rings. The first kappa shape index (κ1) is 12.7. The van der Waals surface area contributed by atoms with Gasteiger partial charge in [0.1, 0.15) is 11.6 Å². The second kappa shape index (κ2) is 6.30. The van der Waals surface area contributed by atoms with Gasteiger partial charge in [0.25, 0.3) is 0 Å². The van der Waals surface area contributed by atoms with Gasteiger partial charge in [-0.1, -0.05) is 13.8 Å². The van der Waals surface area contributed by atoms with Gasteiger partial charge in [-0.3, -0.25) is 4.98 Å². The minimum absolute atomic E-state index is 0.533. The van der Waals surface area contributed by atoms with Crippen LogP contribution in [0.1, 0.15) is 33.6 Å². The van der Waals surface area contributed by atoms with Crippen LogP contribution in [0.15, 0.2) is 12.4 Å². The summed E-state index contributed by atoms with van der Waals surface area (Å²) in [6, 6.07) is 0.533. The van der Waals surface area contributed by atoms with Crippen LogP contribution in [0.5, 0.6) is 0 Å². The van der Waals surface area contributed by atoms with E-state index in [0.717, 1.165) is 31.0 Å². The van der Waals surface area contributed by atoms with Crippen molar-refractivity contribution in [1.29, 1.82) is 0 Å². The first-order valence-corrected chi connectivity index (χ1v) is 6.01. The predicted octanol–water partition coefficient (Wildman–Crippen LogP) is 2.53. The van der Waals surface area contributed by atoms with Gasteiger partial charge < -0.3 is 10.2 Å². The molecule has 4 heteroatoms. The lowest BCUT2D eigenvalue weighted by Crippen LogP contribution is -2.31. The molecule has 0 fully saturated rings. The fraction of sp³-hybridized carbons (Fsp3) is 0.667. The van der Waals surface area contributed by atoms with Crippen LogP contribution in [0.25, 0.3) is 0 Å². The Labute approximate surface area is 98.1 Å². The number of hydrogen-bond donors (Lipinski definition) is 1. The number of hydrogen-bond acceptors (Lipinski definition) is 4. The molecule has 0 aliphatic heterocycles. The van der Waals surface area contributed by atoms with Crippen molar-refractivity contribution in [3.63, 3.8) is 0 Å². The third-order valence-corrected chi connectivity index (χ3v) is 2.83. The Bertz CT molecular complexity index is 310. The van der Waals surface area contributed by atoms with Crippen LogP contribution in [0.4, 0.5) is 11.6 Å². The van der Waals surface area contributed by atoms with Gasteiger partial charge in [-0.25, -0.2) is 4.98 Å². The third-order valence-electron chi connectivity index (χ3n) is 2.83. The Morgan fingerprint density at radius 1 is 1.25 bits per heavy atom. The van der Waals surface area contributed by atoms with E-state index in [2.05, 4.69) is 48.0 Å². The quantitative estimate of drug-likeness (QED) is 0.803. The van der Waals surface area contributed by atoms with Gasteiger partial charge in [-0.05, 0) is 19.8 Å². The fourth-order valence-electron chi connectivity index (χ4n) is 1.82. The van der Waals surface area contributed by atoms with E-state index in [-0.39, 0.29) is 0 Å². The summed E-state index contributed by atoms with van der Waals surface area (Å²) in [6.45, 7) is 7.32. The largest absolute Gasteiger partial charge is 0.369 e. The van der Waals surface area contributed by atoms with Crippen molar-refractivity contribution >= 4 is 11.6 Å². The summed E-state index contributed by atoms with van der Waals surface area (Å²) in [5.41, 5.74) is 0. The number of aromatic nitrogens is 2. The summed E-state index contributed by atoms with van der Waals surface area (Å²) >= 11 is 0. The van der Waals surface area contributed by atoms with E-state index in [9.17, 15) is 0 Å². The molecule has 1 aromatic heterocycles. The zero-order valence-corrected chi connectivity index (χ0v) is 10.7. The molecule has 90 valence electrons. The SMILES string of the molecule is CCNc1cncc(N(C)C(CC)CC)n1. The second-order valence-electron chi connectivity index (χ2n) is 3.87. The monoisotopic (exact) mass is 222 g/mol. The van der Waals surface area contributed by atoms with Crippen LogP contribution >= 0.6 is 0 Å². The zero-order chi connectivity index (χ0) is 12.0. The van der Waals surface area contributed by atoms with Gasteiger partial charge >= 0.3 is 0 Å². The van der Waals surface area contributed by atoms with Crippen LogP contribution in [0.3, 0.4) is 0 Å². The van der Waals surface area contributed by atoms with E-state index in [1.807, 2.05) is 6.20 Å². The van der Waals surface area contributed by atoms with Crippen LogP contribution in [0, 0.1) is 0 Å². The van der Waals surface area contributed by atoms with Crippen LogP contribution in [0.2, 0.25) is 0 Å². The lowest BCUT2D eigenvalue weighted by atomic mass is 10.1. The van der Waals surface area contributed by atoms with Gasteiger partial charge in [0.05, 0.1) is 12.4 Å². The highest BCUT2D eigenvalue weighted by Gasteiger charge is 2.12. The molecule has 0 radical (unpaired) electrons. The molecule has 0 bridgehead atoms. The first-order chi connectivity index (χ1) is 7.72. The Balaban J connectivity index is 2.81. The maximum absolute atomic E-state index is 4.53. The lowest BCUT2D eigenvalue weighted by Gasteiger charge is -2.27. The van der Waals surface area contributed by atoms with Gasteiger partial charge in [0.15, 0.2) is 0 Å². The summed E-state index contributed by atoms with van der Waals surface area (Å²) in [5, 5.41) is 3.18. The smallest absolute Gasteiger partial charge is 0.149 e. The van der Waals surface area contributed by atoms with Crippen molar-refractivity contribution in [2.24, 2.45) is 0 Å². The van der Waals surface area contributed by atoms with Gasteiger partial charge in [-0.15, -0.1) is 0 Å². The lowest BCUT2D eigenvalue weighted by molar-refractivity contribution is 0.586. The summed E-state index contributed by atoms with van der Waals surface area (Å²) in [7, 11) is 2.08. The molecule has 0 spiro atoms. The Morgan fingerprint density at radius 2 is 1.94 bits per heavy atom. The average molecular weight is 222 g/mol. The van der Waals surface area contributed by atoms with E-state index in [1.54, 1.807) is 6.20 Å². The minimum Gasteiger partial charge on any atom is -0.369 e. The molecule has 16 heavy (non-hydrogen) atoms. The molecule has 4 nitrogen and oxygen atoms in total. The summed E-state index contributed by atoms with van der Waals surface area (Å²) in [5.74, 6) is 1.78. The number of nitrogens with one attached hydrogen (secondary N) is 1. The van der Waals surface area contributed by atoms with E-state index < -0.39 is 0 Å². The van der Waals surface area contributed by atoms with Crippen LogP contribution in [-0.2, 0) is 0 Å². The van der Waals surface area contributed by atoms with Gasteiger partial charge in [-0.2, -0.15) is 0 Å². The molecule has 1 N–H and O–H groups in total. The molecular formula is C12H22N4. The van der Waals surface area contributed by atoms with Gasteiger partial charge in [0, 0.05) is 19.6 Å². The second-order valence-corrected chi connectivity index (χ2v) is 3.87. The molecule has 1 heterocycles. The molecule has 0 amide bonds. The van der Waals surface area contributed by atoms with Crippen molar-refractivity contribution < 1.29 is 0 Å². The van der Waals surface area contributed by atoms with Crippen molar-refractivity contribution in [2.45, 2.75) is 39.7 Å². The Hall–Kier alpha value is -1.32. The van der Waals surface area contributed by atoms with E-state index in [0.29, 0.717) is 6.04 Å². The normalized spacial score (nSPS) is 10.6. The maximum atomic E-state index is 4.53. The van der Waals surface area contributed by atoms with Crippen molar-refractivity contribution in [3.05, 3.63) is 12.4 Å². The summed E-state index contributed by atoms with van der Waals surface area (Å²) < 4.78 is 0. The first-order valence-electron chi connectivity index (χ1n) is 6.01. The van der Waals surface area contributed by atoms with Crippen molar-refractivity contribution in [3.8, 4) is 0 Å². The molecule has 0 aromatic carbocycles. The highest BCUT2D eigenvalue weighted by atomic mass is 15.2. The number of nitrogens with zero attached hydrogens (tertiary/aromatic N) is 3. The molecule has 0 unspecified atom stereocenters. The van der Waals surface area contributed by atoms with Crippen LogP contribution in [-0.4, -0.2) is 29.6 Å². The molecule has 0 saturated carbocycles. The Kier molecular flexibility index (Phi) is 5.02. The molecule has 1 rings (SSSR count). The molecular weight excluding hydrogens is 200 g/mol. The topological polar surface area (TPSA) is 41.1 Å².